The molecule has 3 heteroatoms. The summed E-state index contributed by atoms with van der Waals surface area (Å²) >= 11 is 0. The van der Waals surface area contributed by atoms with Crippen LogP contribution in [0.3, 0.4) is 0 Å². The molecule has 3 aromatic rings. The Kier molecular flexibility index (Phi) is 4.66. The van der Waals surface area contributed by atoms with Gasteiger partial charge in [0.05, 0.1) is 5.69 Å². The highest BCUT2D eigenvalue weighted by Crippen LogP contribution is 2.39. The molecule has 1 saturated heterocycles. The second-order valence-electron chi connectivity index (χ2n) is 6.26. The van der Waals surface area contributed by atoms with E-state index in [4.69, 9.17) is 0 Å². The number of phenolic OH excluding ortho intramolecular Hbond substituents is 1. The van der Waals surface area contributed by atoms with E-state index in [0.29, 0.717) is 10.9 Å². The fraction of sp³-hybridized carbons (Fsp3) is 0.182. The summed E-state index contributed by atoms with van der Waals surface area (Å²) in [6.07, 6.45) is 2.72. The van der Waals surface area contributed by atoms with Gasteiger partial charge in [-0.05, 0) is 61.4 Å². The van der Waals surface area contributed by atoms with Crippen LogP contribution in [0.25, 0.3) is 0 Å². The monoisotopic (exact) mass is 348 g/mol. The number of benzene rings is 3. The number of aromatic hydroxyl groups is 1. The van der Waals surface area contributed by atoms with Gasteiger partial charge in [-0.15, -0.1) is 0 Å². The summed E-state index contributed by atoms with van der Waals surface area (Å²) < 4.78 is 0. The first kappa shape index (κ1) is 16.1. The zero-order chi connectivity index (χ0) is 17.1. The summed E-state index contributed by atoms with van der Waals surface area (Å²) in [5.74, 6) is 2.95. The highest BCUT2D eigenvalue weighted by molar-refractivity contribution is 7.97. The van der Waals surface area contributed by atoms with Gasteiger partial charge in [0.1, 0.15) is 17.3 Å². The maximum absolute atomic E-state index is 10.4. The van der Waals surface area contributed by atoms with E-state index in [1.165, 1.54) is 29.2 Å². The van der Waals surface area contributed by atoms with Crippen LogP contribution in [-0.2, 0) is 10.9 Å². The molecule has 0 aliphatic carbocycles. The Hall–Kier alpha value is -2.39. The summed E-state index contributed by atoms with van der Waals surface area (Å²) in [6.45, 7) is 0. The van der Waals surface area contributed by atoms with Crippen LogP contribution < -0.4 is 4.90 Å². The van der Waals surface area contributed by atoms with Crippen LogP contribution in [-0.4, -0.2) is 16.6 Å². The topological polar surface area (TPSA) is 23.5 Å². The lowest BCUT2D eigenvalue weighted by molar-refractivity contribution is 0.476. The molecule has 1 aliphatic rings. The average Bonchev–Trinajstić information content (AvgIpc) is 3.20. The third kappa shape index (κ3) is 3.38. The van der Waals surface area contributed by atoms with Crippen LogP contribution >= 0.6 is 0 Å². The Morgan fingerprint density at radius 2 is 1.28 bits per heavy atom. The normalized spacial score (nSPS) is 14.6. The van der Waals surface area contributed by atoms with E-state index in [9.17, 15) is 5.11 Å². The molecule has 0 saturated carbocycles. The van der Waals surface area contributed by atoms with Crippen LogP contribution in [0.5, 0.6) is 5.75 Å². The van der Waals surface area contributed by atoms with E-state index in [0.717, 1.165) is 17.1 Å². The minimum Gasteiger partial charge on any atom is -0.506 e. The molecule has 1 aliphatic heterocycles. The van der Waals surface area contributed by atoms with Crippen molar-refractivity contribution in [2.75, 3.05) is 16.4 Å². The first-order valence-corrected chi connectivity index (χ1v) is 10.3. The second-order valence-corrected chi connectivity index (χ2v) is 8.54. The Bertz CT molecular complexity index is 826. The quantitative estimate of drug-likeness (QED) is 0.617. The third-order valence-corrected chi connectivity index (χ3v) is 7.10. The Morgan fingerprint density at radius 1 is 0.680 bits per heavy atom. The number of hydrogen-bond donors (Lipinski definition) is 1. The molecule has 2 nitrogen and oxygen atoms in total. The van der Waals surface area contributed by atoms with Crippen molar-refractivity contribution >= 4 is 28.0 Å². The van der Waals surface area contributed by atoms with Crippen LogP contribution in [0.1, 0.15) is 12.8 Å². The van der Waals surface area contributed by atoms with E-state index in [1.807, 2.05) is 36.4 Å². The van der Waals surface area contributed by atoms with Crippen LogP contribution in [0.2, 0.25) is 0 Å². The molecule has 0 bridgehead atoms. The molecule has 4 rings (SSSR count). The Balaban J connectivity index is 1.74. The number of anilines is 3. The van der Waals surface area contributed by atoms with Crippen LogP contribution in [0, 0.1) is 0 Å². The lowest BCUT2D eigenvalue weighted by Gasteiger charge is -2.26. The molecule has 3 aromatic carbocycles. The molecule has 0 atom stereocenters. The van der Waals surface area contributed by atoms with Gasteiger partial charge >= 0.3 is 0 Å². The summed E-state index contributed by atoms with van der Waals surface area (Å²) in [4.78, 5) is 3.57. The van der Waals surface area contributed by atoms with Gasteiger partial charge in [-0.3, -0.25) is 0 Å². The van der Waals surface area contributed by atoms with Crippen molar-refractivity contribution in [1.29, 1.82) is 0 Å². The standard InChI is InChI=1S/C22H21NOS/c24-22-11-5-4-10-21(22)23(18-8-2-1-3-9-18)19-12-14-20(15-13-19)25-16-6-7-17-25/h1-5,8-15H,6-7,16-17H2/p+1. The molecule has 0 unspecified atom stereocenters. The van der Waals surface area contributed by atoms with Crippen molar-refractivity contribution < 1.29 is 5.11 Å². The molecular formula is C22H22NOS+. The van der Waals surface area contributed by atoms with Gasteiger partial charge in [0.2, 0.25) is 0 Å². The first-order valence-electron chi connectivity index (χ1n) is 8.74. The molecule has 0 radical (unpaired) electrons. The summed E-state index contributed by atoms with van der Waals surface area (Å²) in [5.41, 5.74) is 2.91. The van der Waals surface area contributed by atoms with Gasteiger partial charge < -0.3 is 10.0 Å². The zero-order valence-electron chi connectivity index (χ0n) is 14.1. The van der Waals surface area contributed by atoms with Gasteiger partial charge in [0, 0.05) is 22.3 Å². The maximum Gasteiger partial charge on any atom is 0.155 e. The number of rotatable bonds is 4. The van der Waals surface area contributed by atoms with Gasteiger partial charge in [-0.2, -0.15) is 0 Å². The molecule has 1 N–H and O–H groups in total. The minimum absolute atomic E-state index is 0.285. The molecule has 126 valence electrons. The predicted molar refractivity (Wildman–Crippen MR) is 107 cm³/mol. The van der Waals surface area contributed by atoms with E-state index in [1.54, 1.807) is 6.07 Å². The van der Waals surface area contributed by atoms with Crippen molar-refractivity contribution in [2.45, 2.75) is 17.7 Å². The second kappa shape index (κ2) is 7.24. The summed E-state index contributed by atoms with van der Waals surface area (Å²) in [6, 6.07) is 26.6. The van der Waals surface area contributed by atoms with Crippen molar-refractivity contribution in [3.8, 4) is 5.75 Å². The average molecular weight is 348 g/mol. The van der Waals surface area contributed by atoms with E-state index in [-0.39, 0.29) is 5.75 Å². The summed E-state index contributed by atoms with van der Waals surface area (Å²) in [5, 5.41) is 10.4. The number of hydrogen-bond acceptors (Lipinski definition) is 2. The van der Waals surface area contributed by atoms with Crippen LogP contribution in [0.15, 0.2) is 83.8 Å². The third-order valence-electron chi connectivity index (χ3n) is 4.60. The van der Waals surface area contributed by atoms with Gasteiger partial charge in [-0.1, -0.05) is 30.3 Å². The van der Waals surface area contributed by atoms with Crippen molar-refractivity contribution in [1.82, 2.24) is 0 Å². The number of nitrogens with zero attached hydrogens (tertiary/aromatic N) is 1. The molecule has 1 heterocycles. The molecule has 0 aromatic heterocycles. The lowest BCUT2D eigenvalue weighted by Crippen LogP contribution is -2.10. The van der Waals surface area contributed by atoms with E-state index >= 15 is 0 Å². The predicted octanol–water partition coefficient (Wildman–Crippen LogP) is 5.63. The first-order chi connectivity index (χ1) is 12.3. The van der Waals surface area contributed by atoms with Crippen molar-refractivity contribution in [3.05, 3.63) is 78.9 Å². The van der Waals surface area contributed by atoms with Gasteiger partial charge in [-0.25, -0.2) is 0 Å². The maximum atomic E-state index is 10.4. The number of phenols is 1. The minimum atomic E-state index is 0.285. The van der Waals surface area contributed by atoms with Gasteiger partial charge in [0.25, 0.3) is 0 Å². The highest BCUT2D eigenvalue weighted by Gasteiger charge is 2.27. The zero-order valence-corrected chi connectivity index (χ0v) is 15.0. The summed E-state index contributed by atoms with van der Waals surface area (Å²) in [7, 11) is 0.427. The van der Waals surface area contributed by atoms with E-state index < -0.39 is 0 Å². The van der Waals surface area contributed by atoms with Crippen molar-refractivity contribution in [2.24, 2.45) is 0 Å². The van der Waals surface area contributed by atoms with E-state index in [2.05, 4.69) is 41.3 Å². The molecule has 0 spiro atoms. The molecular weight excluding hydrogens is 326 g/mol. The SMILES string of the molecule is Oc1ccccc1N(c1ccccc1)c1ccc([S+]2CCCC2)cc1. The molecule has 1 fully saturated rings. The Labute approximate surface area is 152 Å². The Morgan fingerprint density at radius 3 is 1.96 bits per heavy atom. The fourth-order valence-electron chi connectivity index (χ4n) is 3.34. The smallest absolute Gasteiger partial charge is 0.155 e. The van der Waals surface area contributed by atoms with Gasteiger partial charge in [0.15, 0.2) is 4.90 Å². The number of para-hydroxylation sites is 3. The molecule has 0 amide bonds. The molecule has 25 heavy (non-hydrogen) atoms. The highest BCUT2D eigenvalue weighted by atomic mass is 32.2. The van der Waals surface area contributed by atoms with Crippen LogP contribution in [0.4, 0.5) is 17.1 Å². The lowest BCUT2D eigenvalue weighted by atomic mass is 10.2. The van der Waals surface area contributed by atoms with Crippen molar-refractivity contribution in [3.63, 3.8) is 0 Å². The largest absolute Gasteiger partial charge is 0.506 e. The fourth-order valence-corrected chi connectivity index (χ4v) is 5.64.